The number of halogens is 3. The van der Waals surface area contributed by atoms with E-state index in [1.165, 1.54) is 6.07 Å². The number of aromatic nitrogens is 1. The Morgan fingerprint density at radius 3 is 2.69 bits per heavy atom. The lowest BCUT2D eigenvalue weighted by Crippen LogP contribution is -2.03. The molecule has 1 aromatic rings. The Labute approximate surface area is 81.7 Å². The Morgan fingerprint density at radius 1 is 1.62 bits per heavy atom. The average molecular weight is 253 g/mol. The highest BCUT2D eigenvalue weighted by atomic mass is 79.9. The topological polar surface area (TPSA) is 59.1 Å². The van der Waals surface area contributed by atoms with E-state index < -0.39 is 13.0 Å². The first-order valence-corrected chi connectivity index (χ1v) is 4.19. The standard InChI is InChI=1S/C7H7BrF2N2O/c8-3-1-5(11)12-4(2-13)6(3)7(9)10/h1,7,13H,2H2,(H2,11,12). The summed E-state index contributed by atoms with van der Waals surface area (Å²) in [6, 6.07) is 1.28. The Hall–Kier alpha value is -0.750. The summed E-state index contributed by atoms with van der Waals surface area (Å²) in [5.41, 5.74) is 4.90. The summed E-state index contributed by atoms with van der Waals surface area (Å²) in [4.78, 5) is 3.59. The van der Waals surface area contributed by atoms with Gasteiger partial charge in [0.2, 0.25) is 0 Å². The van der Waals surface area contributed by atoms with E-state index in [1.54, 1.807) is 0 Å². The van der Waals surface area contributed by atoms with Gasteiger partial charge in [0.05, 0.1) is 17.9 Å². The van der Waals surface area contributed by atoms with Gasteiger partial charge in [0.15, 0.2) is 0 Å². The van der Waals surface area contributed by atoms with Crippen LogP contribution in [0.1, 0.15) is 17.7 Å². The van der Waals surface area contributed by atoms with Gasteiger partial charge in [0, 0.05) is 4.47 Å². The molecule has 0 amide bonds. The first-order chi connectivity index (χ1) is 6.06. The zero-order valence-corrected chi connectivity index (χ0v) is 8.05. The SMILES string of the molecule is Nc1cc(Br)c(C(F)F)c(CO)n1. The van der Waals surface area contributed by atoms with Gasteiger partial charge in [-0.25, -0.2) is 13.8 Å². The third kappa shape index (κ3) is 2.13. The van der Waals surface area contributed by atoms with Crippen molar-refractivity contribution in [3.8, 4) is 0 Å². The molecule has 1 rings (SSSR count). The van der Waals surface area contributed by atoms with Gasteiger partial charge in [0.1, 0.15) is 5.82 Å². The van der Waals surface area contributed by atoms with Gasteiger partial charge in [-0.1, -0.05) is 15.9 Å². The van der Waals surface area contributed by atoms with Crippen LogP contribution < -0.4 is 5.73 Å². The quantitative estimate of drug-likeness (QED) is 0.845. The molecular formula is C7H7BrF2N2O. The summed E-state index contributed by atoms with van der Waals surface area (Å²) in [5, 5.41) is 8.74. The fraction of sp³-hybridized carbons (Fsp3) is 0.286. The smallest absolute Gasteiger partial charge is 0.266 e. The molecule has 0 radical (unpaired) electrons. The number of pyridine rings is 1. The number of hydrogen-bond acceptors (Lipinski definition) is 3. The number of rotatable bonds is 2. The second-order valence-corrected chi connectivity index (χ2v) is 3.20. The molecule has 0 spiro atoms. The fourth-order valence-corrected chi connectivity index (χ4v) is 1.58. The zero-order valence-electron chi connectivity index (χ0n) is 6.47. The maximum absolute atomic E-state index is 12.4. The summed E-state index contributed by atoms with van der Waals surface area (Å²) in [6.45, 7) is -0.552. The lowest BCUT2D eigenvalue weighted by molar-refractivity contribution is 0.145. The van der Waals surface area contributed by atoms with E-state index in [1.807, 2.05) is 0 Å². The van der Waals surface area contributed by atoms with Crippen molar-refractivity contribution in [2.75, 3.05) is 5.73 Å². The molecule has 0 aliphatic rings. The van der Waals surface area contributed by atoms with Crippen molar-refractivity contribution in [2.24, 2.45) is 0 Å². The summed E-state index contributed by atoms with van der Waals surface area (Å²) >= 11 is 2.93. The maximum Gasteiger partial charge on any atom is 0.266 e. The van der Waals surface area contributed by atoms with Crippen molar-refractivity contribution >= 4 is 21.7 Å². The maximum atomic E-state index is 12.4. The van der Waals surface area contributed by atoms with Gasteiger partial charge < -0.3 is 10.8 Å². The van der Waals surface area contributed by atoms with Crippen molar-refractivity contribution in [2.45, 2.75) is 13.0 Å². The highest BCUT2D eigenvalue weighted by Crippen LogP contribution is 2.30. The predicted octanol–water partition coefficient (Wildman–Crippen LogP) is 1.86. The minimum atomic E-state index is -2.68. The number of hydrogen-bond donors (Lipinski definition) is 2. The summed E-state index contributed by atoms with van der Waals surface area (Å²) < 4.78 is 24.9. The van der Waals surface area contributed by atoms with Gasteiger partial charge in [-0.05, 0) is 6.07 Å². The van der Waals surface area contributed by atoms with Gasteiger partial charge in [-0.3, -0.25) is 0 Å². The number of aliphatic hydroxyl groups excluding tert-OH is 1. The van der Waals surface area contributed by atoms with Crippen molar-refractivity contribution < 1.29 is 13.9 Å². The Balaban J connectivity index is 3.30. The van der Waals surface area contributed by atoms with Crippen LogP contribution in [0.15, 0.2) is 10.5 Å². The number of nitrogens with zero attached hydrogens (tertiary/aromatic N) is 1. The largest absolute Gasteiger partial charge is 0.390 e. The summed E-state index contributed by atoms with van der Waals surface area (Å²) in [7, 11) is 0. The number of nitrogen functional groups attached to an aromatic ring is 1. The molecule has 6 heteroatoms. The van der Waals surface area contributed by atoms with Gasteiger partial charge in [-0.2, -0.15) is 0 Å². The molecule has 0 aromatic carbocycles. The third-order valence-corrected chi connectivity index (χ3v) is 2.13. The van der Waals surface area contributed by atoms with E-state index in [4.69, 9.17) is 10.8 Å². The molecule has 0 aliphatic heterocycles. The molecule has 0 saturated carbocycles. The highest BCUT2D eigenvalue weighted by molar-refractivity contribution is 9.10. The molecule has 0 atom stereocenters. The Bertz CT molecular complexity index is 320. The van der Waals surface area contributed by atoms with Crippen molar-refractivity contribution in [1.29, 1.82) is 0 Å². The van der Waals surface area contributed by atoms with E-state index in [0.29, 0.717) is 0 Å². The first kappa shape index (κ1) is 10.3. The summed E-state index contributed by atoms with van der Waals surface area (Å²) in [6.07, 6.45) is -2.68. The van der Waals surface area contributed by atoms with Gasteiger partial charge >= 0.3 is 0 Å². The lowest BCUT2D eigenvalue weighted by Gasteiger charge is -2.08. The van der Waals surface area contributed by atoms with Crippen molar-refractivity contribution in [3.63, 3.8) is 0 Å². The molecule has 0 aliphatic carbocycles. The molecule has 3 nitrogen and oxygen atoms in total. The molecule has 0 unspecified atom stereocenters. The highest BCUT2D eigenvalue weighted by Gasteiger charge is 2.18. The number of anilines is 1. The monoisotopic (exact) mass is 252 g/mol. The van der Waals surface area contributed by atoms with E-state index in [9.17, 15) is 8.78 Å². The van der Waals surface area contributed by atoms with Crippen LogP contribution in [0, 0.1) is 0 Å². The molecule has 3 N–H and O–H groups in total. The average Bonchev–Trinajstić information content (AvgIpc) is 2.01. The van der Waals surface area contributed by atoms with Crippen LogP contribution in [0.3, 0.4) is 0 Å². The minimum absolute atomic E-state index is 0.0955. The fourth-order valence-electron chi connectivity index (χ4n) is 0.944. The van der Waals surface area contributed by atoms with Gasteiger partial charge in [0.25, 0.3) is 6.43 Å². The van der Waals surface area contributed by atoms with Gasteiger partial charge in [-0.15, -0.1) is 0 Å². The predicted molar refractivity (Wildman–Crippen MR) is 47.2 cm³/mol. The molecule has 1 heterocycles. The van der Waals surface area contributed by atoms with Crippen LogP contribution in [-0.4, -0.2) is 10.1 Å². The molecular weight excluding hydrogens is 246 g/mol. The van der Waals surface area contributed by atoms with Crippen LogP contribution in [0.5, 0.6) is 0 Å². The number of nitrogens with two attached hydrogens (primary N) is 1. The van der Waals surface area contributed by atoms with E-state index >= 15 is 0 Å². The van der Waals surface area contributed by atoms with E-state index in [-0.39, 0.29) is 21.5 Å². The third-order valence-electron chi connectivity index (χ3n) is 1.47. The van der Waals surface area contributed by atoms with Crippen molar-refractivity contribution in [3.05, 3.63) is 21.8 Å². The van der Waals surface area contributed by atoms with Crippen molar-refractivity contribution in [1.82, 2.24) is 4.98 Å². The molecule has 0 saturated heterocycles. The second-order valence-electron chi connectivity index (χ2n) is 2.35. The minimum Gasteiger partial charge on any atom is -0.390 e. The van der Waals surface area contributed by atoms with Crippen LogP contribution in [0.4, 0.5) is 14.6 Å². The molecule has 13 heavy (non-hydrogen) atoms. The van der Waals surface area contributed by atoms with E-state index in [0.717, 1.165) is 0 Å². The van der Waals surface area contributed by atoms with Crippen LogP contribution >= 0.6 is 15.9 Å². The number of alkyl halides is 2. The normalized spacial score (nSPS) is 10.8. The molecule has 0 fully saturated rings. The lowest BCUT2D eigenvalue weighted by atomic mass is 10.2. The Kier molecular flexibility index (Phi) is 3.16. The summed E-state index contributed by atoms with van der Waals surface area (Å²) in [5.74, 6) is 0.0975. The van der Waals surface area contributed by atoms with Crippen LogP contribution in [0.2, 0.25) is 0 Å². The zero-order chi connectivity index (χ0) is 10.0. The first-order valence-electron chi connectivity index (χ1n) is 3.40. The van der Waals surface area contributed by atoms with Crippen LogP contribution in [-0.2, 0) is 6.61 Å². The van der Waals surface area contributed by atoms with E-state index in [2.05, 4.69) is 20.9 Å². The number of aliphatic hydroxyl groups is 1. The molecule has 0 bridgehead atoms. The second kappa shape index (κ2) is 3.97. The van der Waals surface area contributed by atoms with Crippen LogP contribution in [0.25, 0.3) is 0 Å². The molecule has 72 valence electrons. The Morgan fingerprint density at radius 2 is 2.23 bits per heavy atom. The molecule has 1 aromatic heterocycles.